The number of phenols is 1. The smallest absolute Gasteiger partial charge is 0.246 e. The van der Waals surface area contributed by atoms with Gasteiger partial charge in [0.15, 0.2) is 5.58 Å². The number of anilines is 2. The van der Waals surface area contributed by atoms with Gasteiger partial charge in [0.05, 0.1) is 34.5 Å². The van der Waals surface area contributed by atoms with Crippen LogP contribution >= 0.6 is 11.6 Å². The Labute approximate surface area is 326 Å². The molecule has 10 rings (SSSR count). The Hall–Kier alpha value is -6.32. The SMILES string of the molecule is Cc1cccc([C@H]2C3=CC[C@@H]4C(=O)N(c5ccc(-c6nc7ccccc7o6)cc5)C(=O)[C@@H]4[C@@H]3C[C@H]3C(=O)N(c4cccc(Cl)c4)C(=O)[C@@]23c2ccccc2)c1O. The second-order valence-corrected chi connectivity index (χ2v) is 15.6. The number of aryl methyl sites for hydroxylation is 1. The molecular formula is C46H34ClN3O6. The second-order valence-electron chi connectivity index (χ2n) is 15.2. The van der Waals surface area contributed by atoms with Crippen molar-refractivity contribution in [3.05, 3.63) is 155 Å². The number of phenolic OH excluding ortho intramolecular Hbond substituents is 1. The number of amides is 4. The molecule has 3 heterocycles. The lowest BCUT2D eigenvalue weighted by atomic mass is 9.49. The molecular weight excluding hydrogens is 726 g/mol. The summed E-state index contributed by atoms with van der Waals surface area (Å²) < 4.78 is 5.95. The van der Waals surface area contributed by atoms with Gasteiger partial charge in [-0.2, -0.15) is 0 Å². The van der Waals surface area contributed by atoms with Crippen LogP contribution in [0.5, 0.6) is 5.75 Å². The van der Waals surface area contributed by atoms with Gasteiger partial charge in [0.1, 0.15) is 11.3 Å². The van der Waals surface area contributed by atoms with E-state index in [1.54, 1.807) is 67.6 Å². The molecule has 4 amide bonds. The normalized spacial score (nSPS) is 25.7. The van der Waals surface area contributed by atoms with Gasteiger partial charge in [0.2, 0.25) is 29.5 Å². The zero-order valence-corrected chi connectivity index (χ0v) is 30.9. The van der Waals surface area contributed by atoms with Crippen molar-refractivity contribution in [3.8, 4) is 17.2 Å². The number of fused-ring (bicyclic) bond motifs is 5. The van der Waals surface area contributed by atoms with Crippen molar-refractivity contribution in [1.29, 1.82) is 0 Å². The topological polar surface area (TPSA) is 121 Å². The zero-order valence-electron chi connectivity index (χ0n) is 30.1. The quantitative estimate of drug-likeness (QED) is 0.138. The molecule has 2 aliphatic heterocycles. The molecule has 9 nitrogen and oxygen atoms in total. The van der Waals surface area contributed by atoms with Crippen LogP contribution in [0.1, 0.15) is 35.4 Å². The lowest BCUT2D eigenvalue weighted by molar-refractivity contribution is -0.127. The molecule has 2 saturated heterocycles. The Bertz CT molecular complexity index is 2640. The highest BCUT2D eigenvalue weighted by atomic mass is 35.5. The molecule has 0 unspecified atom stereocenters. The van der Waals surface area contributed by atoms with Crippen LogP contribution in [0.25, 0.3) is 22.6 Å². The summed E-state index contributed by atoms with van der Waals surface area (Å²) in [6, 6.07) is 35.9. The summed E-state index contributed by atoms with van der Waals surface area (Å²) in [5.41, 5.74) is 3.89. The molecule has 276 valence electrons. The van der Waals surface area contributed by atoms with E-state index >= 15 is 4.79 Å². The zero-order chi connectivity index (χ0) is 38.5. The maximum absolute atomic E-state index is 15.4. The van der Waals surface area contributed by atoms with Crippen molar-refractivity contribution in [1.82, 2.24) is 4.98 Å². The molecule has 6 aromatic rings. The molecule has 1 N–H and O–H groups in total. The summed E-state index contributed by atoms with van der Waals surface area (Å²) in [4.78, 5) is 66.5. The lowest BCUT2D eigenvalue weighted by Gasteiger charge is -2.50. The maximum Gasteiger partial charge on any atom is 0.246 e. The van der Waals surface area contributed by atoms with Crippen LogP contribution in [0.4, 0.5) is 11.4 Å². The predicted molar refractivity (Wildman–Crippen MR) is 211 cm³/mol. The summed E-state index contributed by atoms with van der Waals surface area (Å²) >= 11 is 6.42. The number of para-hydroxylation sites is 3. The van der Waals surface area contributed by atoms with E-state index in [1.165, 1.54) is 9.80 Å². The van der Waals surface area contributed by atoms with Crippen LogP contribution in [0.15, 0.2) is 137 Å². The van der Waals surface area contributed by atoms with Crippen molar-refractivity contribution >= 4 is 57.7 Å². The molecule has 1 aromatic heterocycles. The summed E-state index contributed by atoms with van der Waals surface area (Å²) in [6.45, 7) is 1.80. The Balaban J connectivity index is 1.10. The first-order valence-corrected chi connectivity index (χ1v) is 19.1. The van der Waals surface area contributed by atoms with Crippen LogP contribution in [0, 0.1) is 30.6 Å². The van der Waals surface area contributed by atoms with Crippen LogP contribution in [-0.4, -0.2) is 33.7 Å². The van der Waals surface area contributed by atoms with Crippen molar-refractivity contribution in [2.75, 3.05) is 9.80 Å². The molecule has 5 aromatic carbocycles. The first-order chi connectivity index (χ1) is 27.2. The third kappa shape index (κ3) is 4.76. The van der Waals surface area contributed by atoms with Crippen LogP contribution in [0.2, 0.25) is 5.02 Å². The van der Waals surface area contributed by atoms with Gasteiger partial charge in [0, 0.05) is 22.1 Å². The fourth-order valence-electron chi connectivity index (χ4n) is 10.0. The van der Waals surface area contributed by atoms with Crippen LogP contribution in [0.3, 0.4) is 0 Å². The average Bonchev–Trinajstić information content (AvgIpc) is 3.83. The van der Waals surface area contributed by atoms with E-state index in [-0.39, 0.29) is 30.4 Å². The van der Waals surface area contributed by atoms with E-state index < -0.39 is 46.8 Å². The highest BCUT2D eigenvalue weighted by molar-refractivity contribution is 6.32. The third-order valence-electron chi connectivity index (χ3n) is 12.4. The van der Waals surface area contributed by atoms with Gasteiger partial charge >= 0.3 is 0 Å². The van der Waals surface area contributed by atoms with Gasteiger partial charge in [-0.05, 0) is 91.4 Å². The molecule has 10 heteroatoms. The highest BCUT2D eigenvalue weighted by Crippen LogP contribution is 2.65. The molecule has 0 radical (unpaired) electrons. The number of nitrogens with zero attached hydrogens (tertiary/aromatic N) is 3. The van der Waals surface area contributed by atoms with E-state index in [9.17, 15) is 19.5 Å². The first kappa shape index (κ1) is 34.2. The number of hydrogen-bond acceptors (Lipinski definition) is 7. The minimum atomic E-state index is -1.48. The van der Waals surface area contributed by atoms with E-state index in [2.05, 4.69) is 4.98 Å². The average molecular weight is 760 g/mol. The second kappa shape index (κ2) is 12.6. The Kier molecular flexibility index (Phi) is 7.70. The Morgan fingerprint density at radius 3 is 2.29 bits per heavy atom. The number of halogens is 1. The summed E-state index contributed by atoms with van der Waals surface area (Å²) in [6.07, 6.45) is 2.40. The summed E-state index contributed by atoms with van der Waals surface area (Å²) in [5.74, 6) is -4.85. The molecule has 0 spiro atoms. The van der Waals surface area contributed by atoms with Gasteiger partial charge in [-0.3, -0.25) is 24.1 Å². The molecule has 2 aliphatic carbocycles. The molecule has 1 saturated carbocycles. The molecule has 56 heavy (non-hydrogen) atoms. The number of benzene rings is 5. The van der Waals surface area contributed by atoms with E-state index in [4.69, 9.17) is 16.0 Å². The number of rotatable bonds is 5. The van der Waals surface area contributed by atoms with E-state index in [1.807, 2.05) is 66.7 Å². The van der Waals surface area contributed by atoms with Crippen LogP contribution < -0.4 is 9.80 Å². The molecule has 0 bridgehead atoms. The van der Waals surface area contributed by atoms with Crippen molar-refractivity contribution < 1.29 is 28.7 Å². The van der Waals surface area contributed by atoms with E-state index in [0.29, 0.717) is 50.1 Å². The summed E-state index contributed by atoms with van der Waals surface area (Å²) in [7, 11) is 0. The summed E-state index contributed by atoms with van der Waals surface area (Å²) in [5, 5.41) is 12.2. The number of allylic oxidation sites excluding steroid dienone is 2. The fourth-order valence-corrected chi connectivity index (χ4v) is 10.2. The van der Waals surface area contributed by atoms with Gasteiger partial charge in [0.25, 0.3) is 0 Å². The Morgan fingerprint density at radius 2 is 1.52 bits per heavy atom. The highest BCUT2D eigenvalue weighted by Gasteiger charge is 2.70. The largest absolute Gasteiger partial charge is 0.507 e. The third-order valence-corrected chi connectivity index (χ3v) is 12.6. The van der Waals surface area contributed by atoms with E-state index in [0.717, 1.165) is 11.1 Å². The predicted octanol–water partition coefficient (Wildman–Crippen LogP) is 8.53. The maximum atomic E-state index is 15.4. The van der Waals surface area contributed by atoms with Crippen molar-refractivity contribution in [2.24, 2.45) is 23.7 Å². The minimum Gasteiger partial charge on any atom is -0.507 e. The first-order valence-electron chi connectivity index (χ1n) is 18.7. The number of carbonyl (C=O) groups is 4. The van der Waals surface area contributed by atoms with Gasteiger partial charge < -0.3 is 9.52 Å². The van der Waals surface area contributed by atoms with Crippen LogP contribution in [-0.2, 0) is 24.6 Å². The number of carbonyl (C=O) groups excluding carboxylic acids is 4. The number of oxazole rings is 1. The molecule has 4 aliphatic rings. The van der Waals surface area contributed by atoms with Crippen molar-refractivity contribution in [3.63, 3.8) is 0 Å². The van der Waals surface area contributed by atoms with Gasteiger partial charge in [-0.25, -0.2) is 9.88 Å². The van der Waals surface area contributed by atoms with Gasteiger partial charge in [-0.15, -0.1) is 0 Å². The van der Waals surface area contributed by atoms with Crippen molar-refractivity contribution in [2.45, 2.75) is 31.1 Å². The molecule has 6 atom stereocenters. The molecule has 3 fully saturated rings. The monoisotopic (exact) mass is 759 g/mol. The number of aromatic nitrogens is 1. The Morgan fingerprint density at radius 1 is 0.768 bits per heavy atom. The van der Waals surface area contributed by atoms with Gasteiger partial charge in [-0.1, -0.05) is 90.0 Å². The number of hydrogen-bond donors (Lipinski definition) is 1. The standard InChI is InChI=1S/C46H34ClN3O6/c1-25-9-7-14-33(40(25)51)39-31-21-22-32-38(44(54)49(42(32)52)29-19-17-26(18-20-29)41-48-36-15-5-6-16-37(36)56-41)34(31)24-35-43(53)50(30-13-8-12-28(47)23-30)45(55)46(35,39)27-10-3-2-4-11-27/h2-21,23,32,34-35,38-39,51H,22,24H2,1H3/t32-,34+,35-,38-,39+,46+/m0/s1. The number of imide groups is 2. The lowest BCUT2D eigenvalue weighted by Crippen LogP contribution is -2.53. The minimum absolute atomic E-state index is 0.0196. The fraction of sp³-hybridized carbons (Fsp3) is 0.196. The number of aromatic hydroxyl groups is 1.